The first-order valence-corrected chi connectivity index (χ1v) is 12.9. The lowest BCUT2D eigenvalue weighted by Crippen LogP contribution is -2.00. The number of halogens is 1. The van der Waals surface area contributed by atoms with E-state index in [9.17, 15) is 40.0 Å². The van der Waals surface area contributed by atoms with Crippen molar-refractivity contribution in [1.29, 1.82) is 0 Å². The Morgan fingerprint density at radius 3 is 1.85 bits per heavy atom. The lowest BCUT2D eigenvalue weighted by atomic mass is 10.1. The number of fused-ring (bicyclic) bond motifs is 1. The Kier molecular flexibility index (Phi) is 6.13. The van der Waals surface area contributed by atoms with Crippen molar-refractivity contribution in [1.82, 2.24) is 0 Å². The Balaban J connectivity index is 2.31. The maximum atomic E-state index is 11.8. The number of hydrogen-bond donors (Lipinski definition) is 5. The molecule has 0 aliphatic carbocycles. The van der Waals surface area contributed by atoms with Gasteiger partial charge in [0.05, 0.1) is 14.8 Å². The van der Waals surface area contributed by atoms with Gasteiger partial charge in [-0.2, -0.15) is 25.3 Å². The monoisotopic (exact) mass is 538 g/mol. The van der Waals surface area contributed by atoms with Crippen molar-refractivity contribution in [3.63, 3.8) is 0 Å². The second-order valence-electron chi connectivity index (χ2n) is 6.35. The van der Waals surface area contributed by atoms with Gasteiger partial charge in [-0.15, -0.1) is 10.2 Å². The molecular formula is C16H11ClN2O11S3. The maximum absolute atomic E-state index is 11.8. The van der Waals surface area contributed by atoms with Crippen LogP contribution in [0.4, 0.5) is 11.4 Å². The summed E-state index contributed by atoms with van der Waals surface area (Å²) in [5.74, 6) is -1.71. The molecule has 176 valence electrons. The summed E-state index contributed by atoms with van der Waals surface area (Å²) in [5, 5.41) is 26.4. The molecule has 0 unspecified atom stereocenters. The first-order valence-electron chi connectivity index (χ1n) is 8.16. The average Bonchev–Trinajstić information content (AvgIpc) is 2.67. The fraction of sp³-hybridized carbons (Fsp3) is 0. The molecule has 13 nitrogen and oxygen atoms in total. The minimum absolute atomic E-state index is 0.169. The van der Waals surface area contributed by atoms with Crippen LogP contribution >= 0.6 is 11.6 Å². The highest BCUT2D eigenvalue weighted by Crippen LogP contribution is 2.43. The van der Waals surface area contributed by atoms with Gasteiger partial charge in [0.2, 0.25) is 0 Å². The van der Waals surface area contributed by atoms with E-state index in [1.54, 1.807) is 0 Å². The van der Waals surface area contributed by atoms with Crippen LogP contribution in [-0.2, 0) is 30.4 Å². The van der Waals surface area contributed by atoms with Crippen LogP contribution in [-0.4, -0.2) is 49.1 Å². The van der Waals surface area contributed by atoms with Gasteiger partial charge in [-0.3, -0.25) is 13.7 Å². The second-order valence-corrected chi connectivity index (χ2v) is 11.0. The van der Waals surface area contributed by atoms with Crippen LogP contribution in [0.1, 0.15) is 0 Å². The van der Waals surface area contributed by atoms with Crippen molar-refractivity contribution in [2.45, 2.75) is 14.7 Å². The molecule has 3 aromatic rings. The smallest absolute Gasteiger partial charge is 0.296 e. The van der Waals surface area contributed by atoms with Crippen molar-refractivity contribution >= 4 is 64.1 Å². The highest BCUT2D eigenvalue weighted by atomic mass is 35.5. The zero-order chi connectivity index (χ0) is 24.9. The number of rotatable bonds is 5. The van der Waals surface area contributed by atoms with Gasteiger partial charge >= 0.3 is 0 Å². The van der Waals surface area contributed by atoms with Crippen LogP contribution in [0.5, 0.6) is 11.5 Å². The van der Waals surface area contributed by atoms with E-state index in [1.807, 2.05) is 0 Å². The standard InChI is InChI=1S/C16H11ClN2O11S3/c17-11-5-9(32(25,26)27)6-12(16(11)21)18-19-14-13(33(28,29)30)4-7-3-8(31(22,23)24)1-2-10(7)15(14)20/h1-6,20-21H,(H,22,23,24)(H,25,26,27)(H,28,29,30). The summed E-state index contributed by atoms with van der Waals surface area (Å²) >= 11 is 5.69. The molecule has 3 rings (SSSR count). The molecule has 0 radical (unpaired) electrons. The molecule has 0 aliphatic rings. The molecule has 0 bridgehead atoms. The molecule has 0 aliphatic heterocycles. The van der Waals surface area contributed by atoms with E-state index in [0.717, 1.165) is 24.3 Å². The summed E-state index contributed by atoms with van der Waals surface area (Å²) in [6.07, 6.45) is 0. The molecule has 17 heteroatoms. The van der Waals surface area contributed by atoms with Crippen LogP contribution in [0, 0.1) is 0 Å². The van der Waals surface area contributed by atoms with Crippen molar-refractivity contribution in [3.05, 3.63) is 41.4 Å². The van der Waals surface area contributed by atoms with Gasteiger partial charge in [0.15, 0.2) is 11.5 Å². The number of nitrogens with zero attached hydrogens (tertiary/aromatic N) is 2. The van der Waals surface area contributed by atoms with Gasteiger partial charge in [0.1, 0.15) is 16.3 Å². The summed E-state index contributed by atoms with van der Waals surface area (Å²) in [4.78, 5) is -2.46. The van der Waals surface area contributed by atoms with Gasteiger partial charge in [0.25, 0.3) is 30.4 Å². The number of benzene rings is 3. The maximum Gasteiger partial charge on any atom is 0.296 e. The third kappa shape index (κ3) is 5.06. The molecule has 0 saturated carbocycles. The zero-order valence-corrected chi connectivity index (χ0v) is 18.9. The van der Waals surface area contributed by atoms with E-state index >= 15 is 0 Å². The molecule has 0 amide bonds. The van der Waals surface area contributed by atoms with E-state index < -0.39 is 72.9 Å². The third-order valence-corrected chi connectivity index (χ3v) is 7.01. The van der Waals surface area contributed by atoms with Crippen LogP contribution < -0.4 is 0 Å². The topological polar surface area (TPSA) is 228 Å². The van der Waals surface area contributed by atoms with E-state index in [2.05, 4.69) is 10.2 Å². The highest BCUT2D eigenvalue weighted by molar-refractivity contribution is 7.86. The second kappa shape index (κ2) is 8.17. The Bertz CT molecular complexity index is 1670. The lowest BCUT2D eigenvalue weighted by Gasteiger charge is -2.10. The molecule has 33 heavy (non-hydrogen) atoms. The first kappa shape index (κ1) is 24.8. The predicted octanol–water partition coefficient (Wildman–Crippen LogP) is 3.06. The number of aromatic hydroxyl groups is 2. The molecule has 3 aromatic carbocycles. The number of hydrogen-bond acceptors (Lipinski definition) is 10. The quantitative estimate of drug-likeness (QED) is 0.234. The summed E-state index contributed by atoms with van der Waals surface area (Å²) < 4.78 is 96.9. The summed E-state index contributed by atoms with van der Waals surface area (Å²) in [7, 11) is -14.6. The van der Waals surface area contributed by atoms with Crippen molar-refractivity contribution in [2.75, 3.05) is 0 Å². The lowest BCUT2D eigenvalue weighted by molar-refractivity contribution is 0.471. The molecule has 5 N–H and O–H groups in total. The van der Waals surface area contributed by atoms with Crippen molar-refractivity contribution in [3.8, 4) is 11.5 Å². The minimum Gasteiger partial charge on any atom is -0.505 e. The number of phenols is 2. The Labute approximate surface area is 190 Å². The molecule has 0 saturated heterocycles. The van der Waals surface area contributed by atoms with Gasteiger partial charge in [-0.05, 0) is 41.8 Å². The van der Waals surface area contributed by atoms with Crippen molar-refractivity contribution in [2.24, 2.45) is 10.2 Å². The Hall–Kier alpha value is -2.86. The van der Waals surface area contributed by atoms with Crippen LogP contribution in [0.15, 0.2) is 61.3 Å². The van der Waals surface area contributed by atoms with E-state index in [4.69, 9.17) is 20.7 Å². The molecule has 0 aromatic heterocycles. The molecule has 0 atom stereocenters. The van der Waals surface area contributed by atoms with Crippen LogP contribution in [0.25, 0.3) is 10.8 Å². The average molecular weight is 539 g/mol. The molecular weight excluding hydrogens is 528 g/mol. The van der Waals surface area contributed by atoms with E-state index in [-0.39, 0.29) is 10.8 Å². The SMILES string of the molecule is O=S(=O)(O)c1cc(Cl)c(O)c(N=Nc2c(S(=O)(=O)O)cc3cc(S(=O)(=O)O)ccc3c2O)c1. The Morgan fingerprint density at radius 2 is 1.30 bits per heavy atom. The zero-order valence-electron chi connectivity index (χ0n) is 15.6. The highest BCUT2D eigenvalue weighted by Gasteiger charge is 2.24. The van der Waals surface area contributed by atoms with Crippen LogP contribution in [0.3, 0.4) is 0 Å². The van der Waals surface area contributed by atoms with E-state index in [1.165, 1.54) is 0 Å². The number of azo groups is 1. The van der Waals surface area contributed by atoms with Crippen LogP contribution in [0.2, 0.25) is 5.02 Å². The Morgan fingerprint density at radius 1 is 0.697 bits per heavy atom. The van der Waals surface area contributed by atoms with Gasteiger partial charge < -0.3 is 10.2 Å². The number of phenolic OH excluding ortho intramolecular Hbond substituents is 2. The fourth-order valence-corrected chi connectivity index (χ4v) is 4.65. The third-order valence-electron chi connectivity index (χ3n) is 4.17. The minimum atomic E-state index is -5.10. The molecule has 0 heterocycles. The van der Waals surface area contributed by atoms with E-state index in [0.29, 0.717) is 12.1 Å². The van der Waals surface area contributed by atoms with Crippen molar-refractivity contribution < 1.29 is 49.1 Å². The molecule has 0 fully saturated rings. The normalized spacial score (nSPS) is 13.1. The molecule has 0 spiro atoms. The first-order chi connectivity index (χ1) is 15.0. The van der Waals surface area contributed by atoms with Gasteiger partial charge in [0, 0.05) is 5.39 Å². The fourth-order valence-electron chi connectivity index (χ4n) is 2.67. The summed E-state index contributed by atoms with van der Waals surface area (Å²) in [6, 6.07) is 4.80. The van der Waals surface area contributed by atoms with Gasteiger partial charge in [-0.25, -0.2) is 0 Å². The summed E-state index contributed by atoms with van der Waals surface area (Å²) in [5.41, 5.74) is -1.52. The summed E-state index contributed by atoms with van der Waals surface area (Å²) in [6.45, 7) is 0. The van der Waals surface area contributed by atoms with Gasteiger partial charge in [-0.1, -0.05) is 11.6 Å². The largest absolute Gasteiger partial charge is 0.505 e. The predicted molar refractivity (Wildman–Crippen MR) is 112 cm³/mol.